The van der Waals surface area contributed by atoms with Crippen LogP contribution in [-0.4, -0.2) is 25.1 Å². The molecule has 0 fully saturated rings. The Morgan fingerprint density at radius 3 is 2.59 bits per heavy atom. The third kappa shape index (κ3) is 2.73. The van der Waals surface area contributed by atoms with Crippen molar-refractivity contribution in [3.63, 3.8) is 0 Å². The molecule has 0 bridgehead atoms. The van der Waals surface area contributed by atoms with Crippen molar-refractivity contribution in [3.05, 3.63) is 47.5 Å². The summed E-state index contributed by atoms with van der Waals surface area (Å²) in [6.45, 7) is 0. The molecule has 0 spiro atoms. The van der Waals surface area contributed by atoms with Crippen LogP contribution < -0.4 is 14.8 Å². The van der Waals surface area contributed by atoms with E-state index in [4.69, 9.17) is 9.47 Å². The molecule has 0 atom stereocenters. The molecule has 0 unspecified atom stereocenters. The fourth-order valence-electron chi connectivity index (χ4n) is 2.07. The second kappa shape index (κ2) is 6.03. The lowest BCUT2D eigenvalue weighted by Crippen LogP contribution is -2.11. The summed E-state index contributed by atoms with van der Waals surface area (Å²) in [5, 5.41) is 3.25. The van der Waals surface area contributed by atoms with E-state index in [9.17, 15) is 4.79 Å². The van der Waals surface area contributed by atoms with E-state index in [1.807, 2.05) is 24.3 Å². The van der Waals surface area contributed by atoms with E-state index >= 15 is 0 Å². The van der Waals surface area contributed by atoms with E-state index in [1.165, 1.54) is 11.3 Å². The first kappa shape index (κ1) is 14.3. The Hall–Kier alpha value is -2.60. The quantitative estimate of drug-likeness (QED) is 0.800. The van der Waals surface area contributed by atoms with Crippen molar-refractivity contribution >= 4 is 33.1 Å². The number of rotatable bonds is 4. The molecule has 3 aromatic rings. The first-order chi connectivity index (χ1) is 10.7. The monoisotopic (exact) mass is 314 g/mol. The Bertz CT molecular complexity index is 796. The molecule has 1 amide bonds. The van der Waals surface area contributed by atoms with Gasteiger partial charge in [-0.1, -0.05) is 12.1 Å². The van der Waals surface area contributed by atoms with Crippen LogP contribution >= 0.6 is 11.3 Å². The van der Waals surface area contributed by atoms with Crippen LogP contribution in [0.2, 0.25) is 0 Å². The number of ether oxygens (including phenoxy) is 2. The Morgan fingerprint density at radius 1 is 1.09 bits per heavy atom. The van der Waals surface area contributed by atoms with Crippen molar-refractivity contribution in [3.8, 4) is 11.5 Å². The lowest BCUT2D eigenvalue weighted by Gasteiger charge is -2.09. The van der Waals surface area contributed by atoms with Gasteiger partial charge in [-0.2, -0.15) is 0 Å². The van der Waals surface area contributed by atoms with Crippen LogP contribution in [0.5, 0.6) is 11.5 Å². The van der Waals surface area contributed by atoms with Gasteiger partial charge >= 0.3 is 0 Å². The van der Waals surface area contributed by atoms with Crippen LogP contribution in [0.25, 0.3) is 10.2 Å². The van der Waals surface area contributed by atoms with Gasteiger partial charge < -0.3 is 14.8 Å². The molecule has 1 aromatic heterocycles. The second-order valence-electron chi connectivity index (χ2n) is 4.51. The Morgan fingerprint density at radius 2 is 1.86 bits per heavy atom. The molecule has 1 N–H and O–H groups in total. The fourth-order valence-corrected chi connectivity index (χ4v) is 2.93. The molecule has 0 saturated heterocycles. The van der Waals surface area contributed by atoms with Gasteiger partial charge in [-0.15, -0.1) is 11.3 Å². The number of thiazole rings is 1. The van der Waals surface area contributed by atoms with E-state index in [-0.39, 0.29) is 5.91 Å². The number of amides is 1. The van der Waals surface area contributed by atoms with Crippen molar-refractivity contribution in [2.24, 2.45) is 0 Å². The highest BCUT2D eigenvalue weighted by Crippen LogP contribution is 2.30. The predicted octanol–water partition coefficient (Wildman–Crippen LogP) is 3.57. The van der Waals surface area contributed by atoms with Crippen molar-refractivity contribution < 1.29 is 14.3 Å². The van der Waals surface area contributed by atoms with E-state index < -0.39 is 0 Å². The second-order valence-corrected chi connectivity index (χ2v) is 5.54. The number of hydrogen-bond acceptors (Lipinski definition) is 5. The average molecular weight is 314 g/mol. The van der Waals surface area contributed by atoms with E-state index in [0.29, 0.717) is 22.2 Å². The molecular weight excluding hydrogens is 300 g/mol. The fraction of sp³-hybridized carbons (Fsp3) is 0.125. The standard InChI is InChI=1S/C16H14N2O3S/c1-20-12-8-7-10(9-13(12)21-2)17-15(19)16-18-11-5-3-4-6-14(11)22-16/h3-9H,1-2H3,(H,17,19). The number of carbonyl (C=O) groups excluding carboxylic acids is 1. The number of benzene rings is 2. The zero-order valence-corrected chi connectivity index (χ0v) is 12.9. The Balaban J connectivity index is 1.84. The minimum Gasteiger partial charge on any atom is -0.493 e. The lowest BCUT2D eigenvalue weighted by atomic mass is 10.2. The molecular formula is C16H14N2O3S. The van der Waals surface area contributed by atoms with Gasteiger partial charge in [-0.3, -0.25) is 4.79 Å². The van der Waals surface area contributed by atoms with Gasteiger partial charge in [0, 0.05) is 11.8 Å². The Kier molecular flexibility index (Phi) is 3.93. The molecule has 112 valence electrons. The third-order valence-electron chi connectivity index (χ3n) is 3.13. The summed E-state index contributed by atoms with van der Waals surface area (Å²) in [4.78, 5) is 16.6. The van der Waals surface area contributed by atoms with Gasteiger partial charge in [0.05, 0.1) is 24.4 Å². The number of anilines is 1. The molecule has 0 aliphatic rings. The number of nitrogens with one attached hydrogen (secondary N) is 1. The minimum absolute atomic E-state index is 0.242. The first-order valence-corrected chi connectivity index (χ1v) is 7.42. The van der Waals surface area contributed by atoms with E-state index in [2.05, 4.69) is 10.3 Å². The third-order valence-corrected chi connectivity index (χ3v) is 4.16. The van der Waals surface area contributed by atoms with Gasteiger partial charge in [0.15, 0.2) is 16.5 Å². The van der Waals surface area contributed by atoms with Crippen LogP contribution in [0.4, 0.5) is 5.69 Å². The molecule has 5 nitrogen and oxygen atoms in total. The summed E-state index contributed by atoms with van der Waals surface area (Å²) >= 11 is 1.36. The molecule has 3 rings (SSSR count). The maximum Gasteiger partial charge on any atom is 0.284 e. The number of carbonyl (C=O) groups is 1. The van der Waals surface area contributed by atoms with Crippen LogP contribution in [0.3, 0.4) is 0 Å². The highest BCUT2D eigenvalue weighted by Gasteiger charge is 2.13. The molecule has 0 aliphatic heterocycles. The van der Waals surface area contributed by atoms with E-state index in [1.54, 1.807) is 32.4 Å². The average Bonchev–Trinajstić information content (AvgIpc) is 2.99. The molecule has 0 saturated carbocycles. The van der Waals surface area contributed by atoms with Gasteiger partial charge in [-0.25, -0.2) is 4.98 Å². The molecule has 0 aliphatic carbocycles. The van der Waals surface area contributed by atoms with Crippen LogP contribution in [0.15, 0.2) is 42.5 Å². The summed E-state index contributed by atoms with van der Waals surface area (Å²) in [7, 11) is 3.12. The topological polar surface area (TPSA) is 60.5 Å². The lowest BCUT2D eigenvalue weighted by molar-refractivity contribution is 0.102. The summed E-state index contributed by atoms with van der Waals surface area (Å²) in [5.41, 5.74) is 1.45. The van der Waals surface area contributed by atoms with Crippen molar-refractivity contribution in [2.75, 3.05) is 19.5 Å². The molecule has 2 aromatic carbocycles. The van der Waals surface area contributed by atoms with Crippen molar-refractivity contribution in [1.29, 1.82) is 0 Å². The number of fused-ring (bicyclic) bond motifs is 1. The predicted molar refractivity (Wildman–Crippen MR) is 87.1 cm³/mol. The van der Waals surface area contributed by atoms with Crippen LogP contribution in [0, 0.1) is 0 Å². The number of aromatic nitrogens is 1. The van der Waals surface area contributed by atoms with Crippen molar-refractivity contribution in [2.45, 2.75) is 0 Å². The number of methoxy groups -OCH3 is 2. The normalized spacial score (nSPS) is 10.5. The summed E-state index contributed by atoms with van der Waals surface area (Å²) in [5.74, 6) is 0.929. The number of para-hydroxylation sites is 1. The van der Waals surface area contributed by atoms with Crippen molar-refractivity contribution in [1.82, 2.24) is 4.98 Å². The molecule has 6 heteroatoms. The molecule has 0 radical (unpaired) electrons. The maximum atomic E-state index is 12.3. The molecule has 22 heavy (non-hydrogen) atoms. The highest BCUT2D eigenvalue weighted by molar-refractivity contribution is 7.20. The van der Waals surface area contributed by atoms with Gasteiger partial charge in [0.2, 0.25) is 0 Å². The zero-order chi connectivity index (χ0) is 15.5. The minimum atomic E-state index is -0.242. The SMILES string of the molecule is COc1ccc(NC(=O)c2nc3ccccc3s2)cc1OC. The maximum absolute atomic E-state index is 12.3. The summed E-state index contributed by atoms with van der Waals surface area (Å²) in [6, 6.07) is 12.9. The van der Waals surface area contributed by atoms with E-state index in [0.717, 1.165) is 10.2 Å². The first-order valence-electron chi connectivity index (χ1n) is 6.60. The zero-order valence-electron chi connectivity index (χ0n) is 12.1. The Labute approximate surface area is 131 Å². The van der Waals surface area contributed by atoms with Gasteiger partial charge in [-0.05, 0) is 24.3 Å². The van der Waals surface area contributed by atoms with Crippen LogP contribution in [0.1, 0.15) is 9.80 Å². The largest absolute Gasteiger partial charge is 0.493 e. The van der Waals surface area contributed by atoms with Crippen LogP contribution in [-0.2, 0) is 0 Å². The van der Waals surface area contributed by atoms with Gasteiger partial charge in [0.25, 0.3) is 5.91 Å². The smallest absolute Gasteiger partial charge is 0.284 e. The summed E-state index contributed by atoms with van der Waals surface area (Å²) < 4.78 is 11.4. The number of hydrogen-bond donors (Lipinski definition) is 1. The summed E-state index contributed by atoms with van der Waals surface area (Å²) in [6.07, 6.45) is 0. The highest BCUT2D eigenvalue weighted by atomic mass is 32.1. The number of nitrogens with zero attached hydrogens (tertiary/aromatic N) is 1. The molecule has 1 heterocycles. The van der Waals surface area contributed by atoms with Gasteiger partial charge in [0.1, 0.15) is 0 Å².